The minimum absolute atomic E-state index is 0.589. The third-order valence-electron chi connectivity index (χ3n) is 3.44. The molecule has 0 atom stereocenters. The molecule has 1 N–H and O–H groups in total. The minimum Gasteiger partial charge on any atom is -0.339 e. The van der Waals surface area contributed by atoms with Gasteiger partial charge in [0, 0.05) is 19.3 Å². The minimum atomic E-state index is 0.589. The van der Waals surface area contributed by atoms with Gasteiger partial charge in [0.25, 0.3) is 0 Å². The fourth-order valence-electron chi connectivity index (χ4n) is 2.31. The van der Waals surface area contributed by atoms with Crippen LogP contribution >= 0.6 is 0 Å². The molecule has 0 radical (unpaired) electrons. The van der Waals surface area contributed by atoms with Crippen LogP contribution in [-0.4, -0.2) is 22.2 Å². The van der Waals surface area contributed by atoms with Crippen molar-refractivity contribution >= 4 is 17.5 Å². The van der Waals surface area contributed by atoms with E-state index < -0.39 is 0 Å². The molecule has 0 aliphatic heterocycles. The Kier molecular flexibility index (Phi) is 4.47. The Morgan fingerprint density at radius 1 is 1.04 bits per heavy atom. The molecule has 0 unspecified atom stereocenters. The quantitative estimate of drug-likeness (QED) is 0.781. The van der Waals surface area contributed by atoms with Crippen molar-refractivity contribution in [2.75, 3.05) is 17.3 Å². The van der Waals surface area contributed by atoms with Gasteiger partial charge in [0.1, 0.15) is 0 Å². The van der Waals surface area contributed by atoms with E-state index in [0.717, 1.165) is 12.2 Å². The molecule has 2 aromatic carbocycles. The normalized spacial score (nSPS) is 10.3. The Hall–Kier alpha value is -2.95. The zero-order valence-corrected chi connectivity index (χ0v) is 13.3. The van der Waals surface area contributed by atoms with Crippen molar-refractivity contribution < 1.29 is 0 Å². The summed E-state index contributed by atoms with van der Waals surface area (Å²) in [6, 6.07) is 18.4. The van der Waals surface area contributed by atoms with E-state index in [1.807, 2.05) is 42.3 Å². The molecule has 23 heavy (non-hydrogen) atoms. The van der Waals surface area contributed by atoms with Gasteiger partial charge in [0.15, 0.2) is 5.82 Å². The van der Waals surface area contributed by atoms with Crippen LogP contribution in [-0.2, 0) is 6.54 Å². The summed E-state index contributed by atoms with van der Waals surface area (Å²) in [4.78, 5) is 6.51. The standard InChI is InChI=1S/C18H19N5/c1-14-7-6-10-16(11-14)20-17-12-19-22-18(21-17)23(2)13-15-8-4-3-5-9-15/h3-12H,13H2,1-2H3,(H,20,21,22). The molecule has 0 amide bonds. The van der Waals surface area contributed by atoms with Gasteiger partial charge in [-0.15, -0.1) is 5.10 Å². The van der Waals surface area contributed by atoms with E-state index in [1.165, 1.54) is 11.1 Å². The van der Waals surface area contributed by atoms with Gasteiger partial charge in [-0.05, 0) is 30.2 Å². The van der Waals surface area contributed by atoms with Crippen LogP contribution in [0.4, 0.5) is 17.5 Å². The van der Waals surface area contributed by atoms with E-state index in [1.54, 1.807) is 6.20 Å². The molecule has 3 aromatic rings. The van der Waals surface area contributed by atoms with Crippen LogP contribution in [0.1, 0.15) is 11.1 Å². The van der Waals surface area contributed by atoms with Crippen molar-refractivity contribution in [2.24, 2.45) is 0 Å². The van der Waals surface area contributed by atoms with Crippen LogP contribution in [0.15, 0.2) is 60.8 Å². The average Bonchev–Trinajstić information content (AvgIpc) is 2.56. The van der Waals surface area contributed by atoms with Crippen LogP contribution in [0.2, 0.25) is 0 Å². The summed E-state index contributed by atoms with van der Waals surface area (Å²) in [5, 5.41) is 11.4. The van der Waals surface area contributed by atoms with Gasteiger partial charge >= 0.3 is 0 Å². The van der Waals surface area contributed by atoms with Crippen molar-refractivity contribution in [2.45, 2.75) is 13.5 Å². The van der Waals surface area contributed by atoms with Crippen LogP contribution < -0.4 is 10.2 Å². The van der Waals surface area contributed by atoms with Gasteiger partial charge in [-0.25, -0.2) is 0 Å². The first-order valence-electron chi connectivity index (χ1n) is 7.49. The van der Waals surface area contributed by atoms with E-state index in [2.05, 4.69) is 51.7 Å². The molecule has 0 spiro atoms. The molecule has 1 heterocycles. The average molecular weight is 305 g/mol. The zero-order chi connectivity index (χ0) is 16.1. The number of aryl methyl sites for hydroxylation is 1. The Morgan fingerprint density at radius 2 is 1.87 bits per heavy atom. The van der Waals surface area contributed by atoms with Crippen LogP contribution in [0.25, 0.3) is 0 Å². The smallest absolute Gasteiger partial charge is 0.247 e. The van der Waals surface area contributed by atoms with Crippen molar-refractivity contribution in [3.63, 3.8) is 0 Å². The van der Waals surface area contributed by atoms with Crippen molar-refractivity contribution in [3.8, 4) is 0 Å². The van der Waals surface area contributed by atoms with E-state index in [-0.39, 0.29) is 0 Å². The first-order chi connectivity index (χ1) is 11.2. The monoisotopic (exact) mass is 305 g/mol. The molecule has 0 fully saturated rings. The van der Waals surface area contributed by atoms with Crippen molar-refractivity contribution in [1.29, 1.82) is 0 Å². The molecule has 0 bridgehead atoms. The number of rotatable bonds is 5. The van der Waals surface area contributed by atoms with Crippen LogP contribution in [0.3, 0.4) is 0 Å². The maximum Gasteiger partial charge on any atom is 0.247 e. The highest BCUT2D eigenvalue weighted by Crippen LogP contribution is 2.17. The Balaban J connectivity index is 1.74. The van der Waals surface area contributed by atoms with Gasteiger partial charge < -0.3 is 10.2 Å². The molecule has 116 valence electrons. The summed E-state index contributed by atoms with van der Waals surface area (Å²) < 4.78 is 0. The van der Waals surface area contributed by atoms with E-state index in [9.17, 15) is 0 Å². The summed E-state index contributed by atoms with van der Waals surface area (Å²) in [6.07, 6.45) is 1.63. The summed E-state index contributed by atoms with van der Waals surface area (Å²) >= 11 is 0. The third kappa shape index (κ3) is 4.03. The maximum absolute atomic E-state index is 4.53. The number of benzene rings is 2. The summed E-state index contributed by atoms with van der Waals surface area (Å²) in [7, 11) is 1.96. The molecular formula is C18H19N5. The first-order valence-corrected chi connectivity index (χ1v) is 7.49. The number of hydrogen-bond acceptors (Lipinski definition) is 5. The molecule has 5 nitrogen and oxygen atoms in total. The van der Waals surface area contributed by atoms with Gasteiger partial charge in [-0.1, -0.05) is 42.5 Å². The largest absolute Gasteiger partial charge is 0.339 e. The lowest BCUT2D eigenvalue weighted by molar-refractivity contribution is 0.831. The van der Waals surface area contributed by atoms with Crippen molar-refractivity contribution in [1.82, 2.24) is 15.2 Å². The lowest BCUT2D eigenvalue weighted by Crippen LogP contribution is -2.19. The predicted octanol–water partition coefficient (Wildman–Crippen LogP) is 3.56. The molecule has 0 saturated carbocycles. The van der Waals surface area contributed by atoms with Gasteiger partial charge in [0.2, 0.25) is 5.95 Å². The fraction of sp³-hybridized carbons (Fsp3) is 0.167. The number of nitrogens with zero attached hydrogens (tertiary/aromatic N) is 4. The molecule has 3 rings (SSSR count). The highest BCUT2D eigenvalue weighted by molar-refractivity contribution is 5.57. The van der Waals surface area contributed by atoms with Crippen LogP contribution in [0, 0.1) is 6.92 Å². The number of hydrogen-bond donors (Lipinski definition) is 1. The Labute approximate surface area is 136 Å². The number of aromatic nitrogens is 3. The number of nitrogens with one attached hydrogen (secondary N) is 1. The predicted molar refractivity (Wildman–Crippen MR) is 92.8 cm³/mol. The van der Waals surface area contributed by atoms with Gasteiger partial charge in [-0.2, -0.15) is 10.1 Å². The SMILES string of the molecule is Cc1cccc(Nc2cnnc(N(C)Cc3ccccc3)n2)c1. The highest BCUT2D eigenvalue weighted by atomic mass is 15.3. The first kappa shape index (κ1) is 15.0. The van der Waals surface area contributed by atoms with E-state index >= 15 is 0 Å². The lowest BCUT2D eigenvalue weighted by atomic mass is 10.2. The maximum atomic E-state index is 4.53. The Bertz CT molecular complexity index is 773. The number of anilines is 3. The Morgan fingerprint density at radius 3 is 2.65 bits per heavy atom. The zero-order valence-electron chi connectivity index (χ0n) is 13.3. The van der Waals surface area contributed by atoms with E-state index in [0.29, 0.717) is 11.8 Å². The van der Waals surface area contributed by atoms with Gasteiger partial charge in [-0.3, -0.25) is 0 Å². The molecule has 0 aliphatic carbocycles. The molecule has 0 saturated heterocycles. The van der Waals surface area contributed by atoms with Crippen LogP contribution in [0.5, 0.6) is 0 Å². The second kappa shape index (κ2) is 6.87. The lowest BCUT2D eigenvalue weighted by Gasteiger charge is -2.17. The molecule has 1 aromatic heterocycles. The second-order valence-corrected chi connectivity index (χ2v) is 5.48. The molecular weight excluding hydrogens is 286 g/mol. The van der Waals surface area contributed by atoms with Crippen molar-refractivity contribution in [3.05, 3.63) is 71.9 Å². The summed E-state index contributed by atoms with van der Waals surface area (Å²) in [6.45, 7) is 2.79. The molecule has 0 aliphatic rings. The van der Waals surface area contributed by atoms with Gasteiger partial charge in [0.05, 0.1) is 6.20 Å². The third-order valence-corrected chi connectivity index (χ3v) is 3.44. The van der Waals surface area contributed by atoms with E-state index in [4.69, 9.17) is 0 Å². The topological polar surface area (TPSA) is 53.9 Å². The molecule has 5 heteroatoms. The fourth-order valence-corrected chi connectivity index (χ4v) is 2.31. The highest BCUT2D eigenvalue weighted by Gasteiger charge is 2.07. The summed E-state index contributed by atoms with van der Waals surface area (Å²) in [5.41, 5.74) is 3.39. The second-order valence-electron chi connectivity index (χ2n) is 5.48. The summed E-state index contributed by atoms with van der Waals surface area (Å²) in [5.74, 6) is 1.27.